The van der Waals surface area contributed by atoms with E-state index in [4.69, 9.17) is 5.11 Å². The molecule has 0 aliphatic heterocycles. The highest BCUT2D eigenvalue weighted by Crippen LogP contribution is 2.16. The molecule has 0 radical (unpaired) electrons. The third-order valence-electron chi connectivity index (χ3n) is 1.78. The summed E-state index contributed by atoms with van der Waals surface area (Å²) in [7, 11) is 0. The van der Waals surface area contributed by atoms with Gasteiger partial charge in [0.2, 0.25) is 0 Å². The molecule has 1 rings (SSSR count). The summed E-state index contributed by atoms with van der Waals surface area (Å²) in [5.41, 5.74) is 0. The molecule has 1 aromatic heterocycles. The predicted octanol–water partition coefficient (Wildman–Crippen LogP) is 0.950. The van der Waals surface area contributed by atoms with E-state index >= 15 is 0 Å². The number of hydrogen-bond acceptors (Lipinski definition) is 3. The first kappa shape index (κ1) is 9.70. The minimum absolute atomic E-state index is 0.337. The number of carboxylic acids is 1. The molecule has 0 unspecified atom stereocenters. The Labute approximate surface area is 76.4 Å². The Hall–Kier alpha value is -1.39. The summed E-state index contributed by atoms with van der Waals surface area (Å²) >= 11 is 0. The largest absolute Gasteiger partial charge is 0.480 e. The van der Waals surface area contributed by atoms with Crippen LogP contribution in [0.15, 0.2) is 12.7 Å². The zero-order valence-corrected chi connectivity index (χ0v) is 7.71. The topological polar surface area (TPSA) is 68.0 Å². The van der Waals surface area contributed by atoms with Crippen LogP contribution in [0.1, 0.15) is 26.3 Å². The minimum Gasteiger partial charge on any atom is -0.480 e. The molecule has 0 aliphatic carbocycles. The summed E-state index contributed by atoms with van der Waals surface area (Å²) in [5.74, 6) is -0.503. The smallest absolute Gasteiger partial charge is 0.326 e. The van der Waals surface area contributed by atoms with E-state index in [-0.39, 0.29) is 0 Å². The molecular weight excluding hydrogens is 170 g/mol. The second kappa shape index (κ2) is 4.02. The fourth-order valence-electron chi connectivity index (χ4n) is 1.17. The van der Waals surface area contributed by atoms with Crippen LogP contribution in [0.2, 0.25) is 0 Å². The van der Waals surface area contributed by atoms with Crippen LogP contribution < -0.4 is 0 Å². The maximum atomic E-state index is 10.9. The van der Waals surface area contributed by atoms with Crippen LogP contribution in [-0.4, -0.2) is 25.8 Å². The first-order valence-corrected chi connectivity index (χ1v) is 4.18. The van der Waals surface area contributed by atoms with E-state index in [1.165, 1.54) is 17.2 Å². The van der Waals surface area contributed by atoms with Crippen molar-refractivity contribution in [1.29, 1.82) is 0 Å². The average Bonchev–Trinajstić information content (AvgIpc) is 2.50. The third-order valence-corrected chi connectivity index (χ3v) is 1.78. The molecule has 0 amide bonds. The number of carbonyl (C=O) groups is 1. The van der Waals surface area contributed by atoms with Crippen molar-refractivity contribution in [3.05, 3.63) is 12.7 Å². The van der Waals surface area contributed by atoms with Crippen molar-refractivity contribution in [2.45, 2.75) is 26.3 Å². The van der Waals surface area contributed by atoms with Gasteiger partial charge in [-0.1, -0.05) is 13.8 Å². The molecule has 72 valence electrons. The summed E-state index contributed by atoms with van der Waals surface area (Å²) in [6.07, 6.45) is 3.45. The third kappa shape index (κ3) is 2.54. The van der Waals surface area contributed by atoms with Crippen LogP contribution in [0.25, 0.3) is 0 Å². The molecule has 5 nitrogen and oxygen atoms in total. The van der Waals surface area contributed by atoms with Crippen LogP contribution in [0.4, 0.5) is 0 Å². The van der Waals surface area contributed by atoms with E-state index < -0.39 is 12.0 Å². The lowest BCUT2D eigenvalue weighted by atomic mass is 10.0. The lowest BCUT2D eigenvalue weighted by molar-refractivity contribution is -0.141. The molecule has 5 heteroatoms. The highest BCUT2D eigenvalue weighted by molar-refractivity contribution is 5.71. The molecule has 0 saturated carbocycles. The Morgan fingerprint density at radius 1 is 1.46 bits per heavy atom. The Kier molecular flexibility index (Phi) is 3.00. The normalized spacial score (nSPS) is 13.2. The lowest BCUT2D eigenvalue weighted by Gasteiger charge is -2.14. The van der Waals surface area contributed by atoms with Crippen molar-refractivity contribution in [2.24, 2.45) is 5.92 Å². The number of carboxylic acid groups (broad SMARTS) is 1. The van der Waals surface area contributed by atoms with Gasteiger partial charge in [0.05, 0.1) is 0 Å². The van der Waals surface area contributed by atoms with Gasteiger partial charge >= 0.3 is 5.97 Å². The van der Waals surface area contributed by atoms with Gasteiger partial charge in [0.1, 0.15) is 18.7 Å². The number of nitrogens with zero attached hydrogens (tertiary/aromatic N) is 3. The van der Waals surface area contributed by atoms with E-state index in [0.717, 1.165) is 0 Å². The Morgan fingerprint density at radius 3 is 2.38 bits per heavy atom. The Balaban J connectivity index is 2.75. The summed E-state index contributed by atoms with van der Waals surface area (Å²) in [5, 5.41) is 16.1. The minimum atomic E-state index is -0.839. The SMILES string of the molecule is CC(C)C[C@H](C(=O)O)n1cnnc1. The monoisotopic (exact) mass is 183 g/mol. The van der Waals surface area contributed by atoms with Gasteiger partial charge in [0, 0.05) is 0 Å². The Morgan fingerprint density at radius 2 is 2.00 bits per heavy atom. The zero-order chi connectivity index (χ0) is 9.84. The number of aromatic nitrogens is 3. The average molecular weight is 183 g/mol. The molecule has 0 fully saturated rings. The van der Waals surface area contributed by atoms with E-state index in [2.05, 4.69) is 10.2 Å². The van der Waals surface area contributed by atoms with Crippen molar-refractivity contribution >= 4 is 5.97 Å². The van der Waals surface area contributed by atoms with Gasteiger partial charge in [-0.25, -0.2) is 4.79 Å². The standard InChI is InChI=1S/C8H13N3O2/c1-6(2)3-7(8(12)13)11-4-9-10-5-11/h4-7H,3H2,1-2H3,(H,12,13)/t7-/m1/s1. The van der Waals surface area contributed by atoms with Crippen molar-refractivity contribution in [1.82, 2.24) is 14.8 Å². The molecule has 1 atom stereocenters. The lowest BCUT2D eigenvalue weighted by Crippen LogP contribution is -2.19. The quantitative estimate of drug-likeness (QED) is 0.754. The van der Waals surface area contributed by atoms with Gasteiger partial charge in [0.25, 0.3) is 0 Å². The maximum Gasteiger partial charge on any atom is 0.326 e. The second-order valence-corrected chi connectivity index (χ2v) is 3.39. The molecule has 0 saturated heterocycles. The van der Waals surface area contributed by atoms with E-state index in [9.17, 15) is 4.79 Å². The fraction of sp³-hybridized carbons (Fsp3) is 0.625. The molecular formula is C8H13N3O2. The van der Waals surface area contributed by atoms with Crippen LogP contribution >= 0.6 is 0 Å². The van der Waals surface area contributed by atoms with Crippen molar-refractivity contribution < 1.29 is 9.90 Å². The van der Waals surface area contributed by atoms with Gasteiger partial charge in [-0.3, -0.25) is 0 Å². The molecule has 0 spiro atoms. The molecule has 1 heterocycles. The molecule has 0 aliphatic rings. The van der Waals surface area contributed by atoms with Gasteiger partial charge in [-0.2, -0.15) is 0 Å². The van der Waals surface area contributed by atoms with Crippen molar-refractivity contribution in [3.8, 4) is 0 Å². The summed E-state index contributed by atoms with van der Waals surface area (Å²) in [6.45, 7) is 3.97. The summed E-state index contributed by atoms with van der Waals surface area (Å²) in [6, 6.07) is -0.546. The zero-order valence-electron chi connectivity index (χ0n) is 7.71. The molecule has 1 aromatic rings. The van der Waals surface area contributed by atoms with E-state index in [0.29, 0.717) is 12.3 Å². The molecule has 1 N–H and O–H groups in total. The molecule has 0 bridgehead atoms. The van der Waals surface area contributed by atoms with Crippen LogP contribution in [-0.2, 0) is 4.79 Å². The number of hydrogen-bond donors (Lipinski definition) is 1. The van der Waals surface area contributed by atoms with Gasteiger partial charge < -0.3 is 9.67 Å². The van der Waals surface area contributed by atoms with Crippen molar-refractivity contribution in [2.75, 3.05) is 0 Å². The van der Waals surface area contributed by atoms with Crippen LogP contribution in [0.5, 0.6) is 0 Å². The highest BCUT2D eigenvalue weighted by atomic mass is 16.4. The van der Waals surface area contributed by atoms with Gasteiger partial charge in [-0.05, 0) is 12.3 Å². The number of rotatable bonds is 4. The fourth-order valence-corrected chi connectivity index (χ4v) is 1.17. The van der Waals surface area contributed by atoms with Crippen LogP contribution in [0, 0.1) is 5.92 Å². The Bertz CT molecular complexity index is 269. The molecule has 0 aromatic carbocycles. The van der Waals surface area contributed by atoms with Gasteiger partial charge in [-0.15, -0.1) is 10.2 Å². The first-order valence-electron chi connectivity index (χ1n) is 4.18. The predicted molar refractivity (Wildman–Crippen MR) is 46.1 cm³/mol. The van der Waals surface area contributed by atoms with Crippen LogP contribution in [0.3, 0.4) is 0 Å². The van der Waals surface area contributed by atoms with Gasteiger partial charge in [0.15, 0.2) is 0 Å². The van der Waals surface area contributed by atoms with Crippen molar-refractivity contribution in [3.63, 3.8) is 0 Å². The van der Waals surface area contributed by atoms with E-state index in [1.807, 2.05) is 13.8 Å². The number of aliphatic carboxylic acids is 1. The summed E-state index contributed by atoms with van der Waals surface area (Å²) in [4.78, 5) is 10.9. The second-order valence-electron chi connectivity index (χ2n) is 3.39. The molecule has 13 heavy (non-hydrogen) atoms. The van der Waals surface area contributed by atoms with E-state index in [1.54, 1.807) is 0 Å². The maximum absolute atomic E-state index is 10.9. The summed E-state index contributed by atoms with van der Waals surface area (Å²) < 4.78 is 1.52. The first-order chi connectivity index (χ1) is 6.11. The highest BCUT2D eigenvalue weighted by Gasteiger charge is 2.20.